The van der Waals surface area contributed by atoms with Crippen LogP contribution in [0.5, 0.6) is 0 Å². The summed E-state index contributed by atoms with van der Waals surface area (Å²) in [5.41, 5.74) is 0. The number of carbonyl (C=O) groups is 2. The lowest BCUT2D eigenvalue weighted by molar-refractivity contribution is -0.143. The topological polar surface area (TPSA) is 95.9 Å². The monoisotopic (exact) mass is 1100 g/mol. The Labute approximate surface area is 488 Å². The first-order valence-electron chi connectivity index (χ1n) is 35.6. The Bertz CT molecular complexity index is 1220. The van der Waals surface area contributed by atoms with Crippen LogP contribution in [0.3, 0.4) is 0 Å². The molecule has 0 fully saturated rings. The molecule has 462 valence electrons. The molecule has 0 spiro atoms. The summed E-state index contributed by atoms with van der Waals surface area (Å²) in [6.45, 7) is 4.94. The number of nitrogens with one attached hydrogen (secondary N) is 1. The van der Waals surface area contributed by atoms with Crippen molar-refractivity contribution in [2.45, 2.75) is 411 Å². The number of aliphatic hydroxyl groups is 2. The van der Waals surface area contributed by atoms with E-state index in [1.165, 1.54) is 327 Å². The lowest BCUT2D eigenvalue weighted by Crippen LogP contribution is -2.45. The largest absolute Gasteiger partial charge is 0.466 e. The number of unbranched alkanes of at least 4 members (excludes halogenated alkanes) is 54. The molecular formula is C72H139NO5. The number of ether oxygens (including phenoxy) is 1. The summed E-state index contributed by atoms with van der Waals surface area (Å²) in [5, 5.41) is 23.2. The minimum atomic E-state index is -0.849. The van der Waals surface area contributed by atoms with E-state index in [-0.39, 0.29) is 18.5 Å². The van der Waals surface area contributed by atoms with E-state index >= 15 is 0 Å². The summed E-state index contributed by atoms with van der Waals surface area (Å²) in [7, 11) is 0. The van der Waals surface area contributed by atoms with Crippen molar-refractivity contribution in [3.63, 3.8) is 0 Å². The summed E-state index contributed by atoms with van der Waals surface area (Å²) in [4.78, 5) is 24.6. The quantitative estimate of drug-likeness (QED) is 0.0320. The number of carbonyl (C=O) groups excluding carboxylic acids is 2. The number of hydrogen-bond donors (Lipinski definition) is 3. The van der Waals surface area contributed by atoms with Crippen LogP contribution in [0.2, 0.25) is 0 Å². The third-order valence-corrected chi connectivity index (χ3v) is 16.7. The Balaban J connectivity index is 3.41. The second-order valence-corrected chi connectivity index (χ2v) is 24.6. The van der Waals surface area contributed by atoms with Gasteiger partial charge in [-0.25, -0.2) is 0 Å². The Morgan fingerprint density at radius 3 is 0.910 bits per heavy atom. The van der Waals surface area contributed by atoms with Gasteiger partial charge in [-0.05, 0) is 57.8 Å². The van der Waals surface area contributed by atoms with Gasteiger partial charge in [-0.2, -0.15) is 0 Å². The molecule has 0 bridgehead atoms. The van der Waals surface area contributed by atoms with Gasteiger partial charge in [0.05, 0.1) is 25.4 Å². The van der Waals surface area contributed by atoms with Crippen LogP contribution >= 0.6 is 0 Å². The van der Waals surface area contributed by atoms with Gasteiger partial charge < -0.3 is 20.3 Å². The zero-order chi connectivity index (χ0) is 56.4. The Morgan fingerprint density at radius 2 is 0.603 bits per heavy atom. The molecule has 2 atom stereocenters. The molecule has 0 rings (SSSR count). The first kappa shape index (κ1) is 76.3. The molecule has 2 unspecified atom stereocenters. The number of allylic oxidation sites excluding steroid dienone is 3. The number of amides is 1. The van der Waals surface area contributed by atoms with E-state index in [0.29, 0.717) is 19.4 Å². The molecule has 78 heavy (non-hydrogen) atoms. The molecule has 0 radical (unpaired) electrons. The number of hydrogen-bond acceptors (Lipinski definition) is 5. The number of rotatable bonds is 67. The second-order valence-electron chi connectivity index (χ2n) is 24.6. The highest BCUT2D eigenvalue weighted by Gasteiger charge is 2.18. The lowest BCUT2D eigenvalue weighted by Gasteiger charge is -2.20. The first-order valence-corrected chi connectivity index (χ1v) is 35.6. The lowest BCUT2D eigenvalue weighted by atomic mass is 10.0. The van der Waals surface area contributed by atoms with Gasteiger partial charge >= 0.3 is 5.97 Å². The van der Waals surface area contributed by atoms with Crippen LogP contribution in [0.15, 0.2) is 24.3 Å². The van der Waals surface area contributed by atoms with Gasteiger partial charge in [0, 0.05) is 12.8 Å². The average Bonchev–Trinajstić information content (AvgIpc) is 3.44. The van der Waals surface area contributed by atoms with Crippen LogP contribution in [0.4, 0.5) is 0 Å². The molecule has 0 saturated carbocycles. The standard InChI is InChI=1S/C72H139NO5/c1-3-5-7-9-11-13-15-17-19-21-23-29-32-36-40-44-48-52-56-60-64-70(75)69(68-74)73-71(76)65-61-57-53-49-45-41-37-33-30-27-25-24-26-28-31-35-39-43-47-51-55-59-63-67-78-72(77)66-62-58-54-50-46-42-38-34-22-20-18-16-14-12-10-8-6-4-2/h27,30,60,64,69-70,74-75H,3-26,28-29,31-59,61-63,65-68H2,1-2H3,(H,73,76)/b30-27-,64-60+. The zero-order valence-corrected chi connectivity index (χ0v) is 52.9. The third kappa shape index (κ3) is 63.5. The molecule has 0 aromatic heterocycles. The SMILES string of the molecule is CCCCCCCCCCCCCCCCCCCC/C=C/C(O)C(CO)NC(=O)CCCCCCCCC/C=C\CCCCCCCCCCCCCCOC(=O)CCCCCCCCCCCCCCCCCCCC. The van der Waals surface area contributed by atoms with E-state index < -0.39 is 12.1 Å². The van der Waals surface area contributed by atoms with E-state index in [4.69, 9.17) is 4.74 Å². The Hall–Kier alpha value is -1.66. The van der Waals surface area contributed by atoms with Crippen LogP contribution in [-0.2, 0) is 14.3 Å². The molecule has 0 heterocycles. The normalized spacial score (nSPS) is 12.6. The highest BCUT2D eigenvalue weighted by Crippen LogP contribution is 2.19. The summed E-state index contributed by atoms with van der Waals surface area (Å²) >= 11 is 0. The molecule has 1 amide bonds. The summed E-state index contributed by atoms with van der Waals surface area (Å²) in [6.07, 6.45) is 85.4. The summed E-state index contributed by atoms with van der Waals surface area (Å²) in [5.74, 6) is -0.0542. The van der Waals surface area contributed by atoms with Gasteiger partial charge in [-0.15, -0.1) is 0 Å². The van der Waals surface area contributed by atoms with E-state index in [1.807, 2.05) is 6.08 Å². The zero-order valence-electron chi connectivity index (χ0n) is 52.9. The summed E-state index contributed by atoms with van der Waals surface area (Å²) < 4.78 is 5.51. The van der Waals surface area contributed by atoms with E-state index in [2.05, 4.69) is 31.3 Å². The fourth-order valence-corrected chi connectivity index (χ4v) is 11.3. The van der Waals surface area contributed by atoms with E-state index in [0.717, 1.165) is 44.9 Å². The maximum atomic E-state index is 12.5. The summed E-state index contributed by atoms with van der Waals surface area (Å²) in [6, 6.07) is -0.633. The molecule has 0 aromatic rings. The van der Waals surface area contributed by atoms with Crippen LogP contribution in [0, 0.1) is 0 Å². The molecule has 3 N–H and O–H groups in total. The van der Waals surface area contributed by atoms with Crippen LogP contribution in [0.25, 0.3) is 0 Å². The van der Waals surface area contributed by atoms with Crippen LogP contribution in [-0.4, -0.2) is 47.4 Å². The van der Waals surface area contributed by atoms with Crippen molar-refractivity contribution in [2.24, 2.45) is 0 Å². The third-order valence-electron chi connectivity index (χ3n) is 16.7. The van der Waals surface area contributed by atoms with Gasteiger partial charge in [0.1, 0.15) is 0 Å². The molecule has 6 nitrogen and oxygen atoms in total. The van der Waals surface area contributed by atoms with Gasteiger partial charge in [0.15, 0.2) is 0 Å². The minimum absolute atomic E-state index is 0.0162. The maximum absolute atomic E-state index is 12.5. The van der Waals surface area contributed by atoms with Crippen molar-refractivity contribution in [3.05, 3.63) is 24.3 Å². The first-order chi connectivity index (χ1) is 38.5. The van der Waals surface area contributed by atoms with Crippen molar-refractivity contribution < 1.29 is 24.5 Å². The van der Waals surface area contributed by atoms with Crippen molar-refractivity contribution in [1.29, 1.82) is 0 Å². The smallest absolute Gasteiger partial charge is 0.305 e. The molecule has 0 saturated heterocycles. The predicted molar refractivity (Wildman–Crippen MR) is 343 cm³/mol. The molecule has 6 heteroatoms. The Kier molecular flexibility index (Phi) is 66.4. The van der Waals surface area contributed by atoms with Crippen molar-refractivity contribution >= 4 is 11.9 Å². The van der Waals surface area contributed by atoms with Crippen molar-refractivity contribution in [3.8, 4) is 0 Å². The van der Waals surface area contributed by atoms with Crippen molar-refractivity contribution in [2.75, 3.05) is 13.2 Å². The predicted octanol–water partition coefficient (Wildman–Crippen LogP) is 22.9. The second kappa shape index (κ2) is 67.8. The fraction of sp³-hybridized carbons (Fsp3) is 0.917. The van der Waals surface area contributed by atoms with Gasteiger partial charge in [0.2, 0.25) is 5.91 Å². The van der Waals surface area contributed by atoms with Gasteiger partial charge in [0.25, 0.3) is 0 Å². The maximum Gasteiger partial charge on any atom is 0.305 e. The van der Waals surface area contributed by atoms with Crippen molar-refractivity contribution in [1.82, 2.24) is 5.32 Å². The minimum Gasteiger partial charge on any atom is -0.466 e. The van der Waals surface area contributed by atoms with Crippen LogP contribution < -0.4 is 5.32 Å². The molecule has 0 aromatic carbocycles. The van der Waals surface area contributed by atoms with Crippen LogP contribution in [0.1, 0.15) is 399 Å². The highest BCUT2D eigenvalue weighted by atomic mass is 16.5. The van der Waals surface area contributed by atoms with E-state index in [1.54, 1.807) is 6.08 Å². The average molecular weight is 1100 g/mol. The highest BCUT2D eigenvalue weighted by molar-refractivity contribution is 5.76. The van der Waals surface area contributed by atoms with Gasteiger partial charge in [-0.3, -0.25) is 9.59 Å². The molecule has 0 aliphatic carbocycles. The fourth-order valence-electron chi connectivity index (χ4n) is 11.3. The molecular weight excluding hydrogens is 959 g/mol. The van der Waals surface area contributed by atoms with E-state index in [9.17, 15) is 19.8 Å². The molecule has 0 aliphatic rings. The van der Waals surface area contributed by atoms with Gasteiger partial charge in [-0.1, -0.05) is 353 Å². The Morgan fingerprint density at radius 1 is 0.346 bits per heavy atom. The molecule has 0 aliphatic heterocycles. The number of aliphatic hydroxyl groups excluding tert-OH is 2. The number of esters is 1.